The Hall–Kier alpha value is -0.970. The number of guanidine groups is 1. The Morgan fingerprint density at radius 2 is 2.19 bits per heavy atom. The number of nitrogens with zero attached hydrogens (tertiary/aromatic N) is 1. The Bertz CT molecular complexity index is 588. The minimum absolute atomic E-state index is 0. The van der Waals surface area contributed by atoms with Gasteiger partial charge in [0.2, 0.25) is 0 Å². The first kappa shape index (κ1) is 24.1. The van der Waals surface area contributed by atoms with Crippen molar-refractivity contribution in [1.82, 2.24) is 10.6 Å². The molecule has 0 spiro atoms. The van der Waals surface area contributed by atoms with Crippen LogP contribution in [0.4, 0.5) is 8.78 Å². The van der Waals surface area contributed by atoms with Gasteiger partial charge in [-0.1, -0.05) is 6.92 Å². The lowest BCUT2D eigenvalue weighted by molar-refractivity contribution is -0.0505. The first-order chi connectivity index (χ1) is 12.6. The van der Waals surface area contributed by atoms with Gasteiger partial charge in [0.1, 0.15) is 11.5 Å². The number of ether oxygens (including phenoxy) is 2. The maximum Gasteiger partial charge on any atom is 0.387 e. The molecule has 27 heavy (non-hydrogen) atoms. The number of benzene rings is 1. The molecule has 1 heterocycles. The second-order valence-electron chi connectivity index (χ2n) is 5.94. The van der Waals surface area contributed by atoms with Crippen molar-refractivity contribution in [2.75, 3.05) is 26.0 Å². The lowest BCUT2D eigenvalue weighted by atomic mass is 10.2. The third-order valence-electron chi connectivity index (χ3n) is 3.92. The predicted molar refractivity (Wildman–Crippen MR) is 118 cm³/mol. The zero-order valence-corrected chi connectivity index (χ0v) is 18.8. The Morgan fingerprint density at radius 3 is 2.81 bits per heavy atom. The third kappa shape index (κ3) is 8.71. The number of nitrogens with one attached hydrogen (secondary N) is 2. The molecule has 0 bridgehead atoms. The average Bonchev–Trinajstić information content (AvgIpc) is 3.14. The number of rotatable bonds is 9. The summed E-state index contributed by atoms with van der Waals surface area (Å²) in [4.78, 5) is 4.18. The summed E-state index contributed by atoms with van der Waals surface area (Å²) >= 11 is 1.96. The molecule has 154 valence electrons. The molecule has 0 saturated carbocycles. The fourth-order valence-corrected chi connectivity index (χ4v) is 3.81. The van der Waals surface area contributed by atoms with Gasteiger partial charge < -0.3 is 20.1 Å². The van der Waals surface area contributed by atoms with E-state index in [1.807, 2.05) is 18.7 Å². The van der Waals surface area contributed by atoms with Gasteiger partial charge in [-0.3, -0.25) is 4.99 Å². The molecule has 1 aromatic rings. The average molecular weight is 515 g/mol. The topological polar surface area (TPSA) is 54.9 Å². The van der Waals surface area contributed by atoms with Crippen LogP contribution in [-0.4, -0.2) is 43.8 Å². The summed E-state index contributed by atoms with van der Waals surface area (Å²) in [6, 6.07) is 5.00. The highest BCUT2D eigenvalue weighted by atomic mass is 127. The van der Waals surface area contributed by atoms with E-state index in [-0.39, 0.29) is 29.7 Å². The predicted octanol–water partition coefficient (Wildman–Crippen LogP) is 4.26. The zero-order valence-electron chi connectivity index (χ0n) is 15.7. The quantitative estimate of drug-likeness (QED) is 0.293. The number of halogens is 3. The van der Waals surface area contributed by atoms with Gasteiger partial charge in [0.25, 0.3) is 0 Å². The Morgan fingerprint density at radius 1 is 1.37 bits per heavy atom. The van der Waals surface area contributed by atoms with Gasteiger partial charge >= 0.3 is 6.61 Å². The molecule has 0 amide bonds. The summed E-state index contributed by atoms with van der Waals surface area (Å²) in [5, 5.41) is 7.03. The molecular formula is C18H28F2IN3O2S. The van der Waals surface area contributed by atoms with E-state index in [9.17, 15) is 8.78 Å². The zero-order chi connectivity index (χ0) is 18.8. The van der Waals surface area contributed by atoms with E-state index in [4.69, 9.17) is 4.74 Å². The molecule has 1 unspecified atom stereocenters. The summed E-state index contributed by atoms with van der Waals surface area (Å²) in [5.41, 5.74) is 0.618. The van der Waals surface area contributed by atoms with Crippen molar-refractivity contribution in [2.45, 2.75) is 44.6 Å². The molecule has 1 aliphatic rings. The number of aliphatic imine (C=N–C) groups is 1. The molecule has 1 fully saturated rings. The van der Waals surface area contributed by atoms with Crippen molar-refractivity contribution in [2.24, 2.45) is 4.99 Å². The van der Waals surface area contributed by atoms with Crippen LogP contribution < -0.4 is 20.1 Å². The molecule has 1 atom stereocenters. The second-order valence-corrected chi connectivity index (χ2v) is 7.35. The van der Waals surface area contributed by atoms with E-state index < -0.39 is 6.61 Å². The summed E-state index contributed by atoms with van der Waals surface area (Å²) in [6.45, 7) is 0.799. The van der Waals surface area contributed by atoms with Gasteiger partial charge in [-0.25, -0.2) is 0 Å². The van der Waals surface area contributed by atoms with E-state index in [1.165, 1.54) is 24.7 Å². The summed E-state index contributed by atoms with van der Waals surface area (Å²) in [5.74, 6) is 2.49. The molecule has 0 radical (unpaired) electrons. The van der Waals surface area contributed by atoms with Crippen molar-refractivity contribution >= 4 is 41.7 Å². The minimum Gasteiger partial charge on any atom is -0.493 e. The normalized spacial score (nSPS) is 16.8. The number of thioether (sulfide) groups is 1. The van der Waals surface area contributed by atoms with Crippen LogP contribution in [0.3, 0.4) is 0 Å². The van der Waals surface area contributed by atoms with Crippen molar-refractivity contribution in [3.8, 4) is 11.5 Å². The van der Waals surface area contributed by atoms with Crippen LogP contribution in [0.5, 0.6) is 11.5 Å². The minimum atomic E-state index is -2.88. The van der Waals surface area contributed by atoms with Gasteiger partial charge in [-0.15, -0.1) is 24.0 Å². The van der Waals surface area contributed by atoms with Crippen molar-refractivity contribution in [3.05, 3.63) is 23.8 Å². The van der Waals surface area contributed by atoms with E-state index >= 15 is 0 Å². The molecular weight excluding hydrogens is 487 g/mol. The molecule has 1 saturated heterocycles. The van der Waals surface area contributed by atoms with E-state index in [2.05, 4.69) is 20.4 Å². The lowest BCUT2D eigenvalue weighted by Crippen LogP contribution is -2.39. The molecule has 9 heteroatoms. The van der Waals surface area contributed by atoms with E-state index in [0.29, 0.717) is 35.7 Å². The molecule has 2 N–H and O–H groups in total. The first-order valence-electron chi connectivity index (χ1n) is 8.89. The van der Waals surface area contributed by atoms with Crippen molar-refractivity contribution in [1.29, 1.82) is 0 Å². The van der Waals surface area contributed by atoms with Crippen LogP contribution in [0.15, 0.2) is 23.2 Å². The highest BCUT2D eigenvalue weighted by Crippen LogP contribution is 2.27. The Balaban J connectivity index is 0.00000364. The standard InChI is InChI=1S/C18H27F2N3O2S.HI/c1-3-8-24-14-7-6-13(16(10-14)25-17(19)20)11-22-18(21-2)23-12-15-5-4-9-26-15;/h6-7,10,15,17H,3-5,8-9,11-12H2,1-2H3,(H2,21,22,23);1H. The largest absolute Gasteiger partial charge is 0.493 e. The summed E-state index contributed by atoms with van der Waals surface area (Å²) < 4.78 is 35.6. The van der Waals surface area contributed by atoms with Crippen LogP contribution in [-0.2, 0) is 6.54 Å². The van der Waals surface area contributed by atoms with Crippen LogP contribution in [0.2, 0.25) is 0 Å². The molecule has 1 aliphatic heterocycles. The summed E-state index contributed by atoms with van der Waals surface area (Å²) in [6.07, 6.45) is 3.31. The Labute approximate surface area is 181 Å². The van der Waals surface area contributed by atoms with Crippen LogP contribution in [0, 0.1) is 0 Å². The number of hydrogen-bond donors (Lipinski definition) is 2. The smallest absolute Gasteiger partial charge is 0.387 e. The monoisotopic (exact) mass is 515 g/mol. The lowest BCUT2D eigenvalue weighted by Gasteiger charge is -2.17. The van der Waals surface area contributed by atoms with Gasteiger partial charge in [0.15, 0.2) is 5.96 Å². The van der Waals surface area contributed by atoms with Gasteiger partial charge in [-0.05, 0) is 37.1 Å². The van der Waals surface area contributed by atoms with Crippen molar-refractivity contribution in [3.63, 3.8) is 0 Å². The molecule has 2 rings (SSSR count). The highest BCUT2D eigenvalue weighted by molar-refractivity contribution is 14.0. The van der Waals surface area contributed by atoms with E-state index in [0.717, 1.165) is 13.0 Å². The fraction of sp³-hybridized carbons (Fsp3) is 0.611. The highest BCUT2D eigenvalue weighted by Gasteiger charge is 2.16. The first-order valence-corrected chi connectivity index (χ1v) is 9.94. The van der Waals surface area contributed by atoms with Crippen LogP contribution in [0.25, 0.3) is 0 Å². The SMILES string of the molecule is CCCOc1ccc(CNC(=NC)NCC2CCCS2)c(OC(F)F)c1.I. The maximum absolute atomic E-state index is 12.7. The fourth-order valence-electron chi connectivity index (χ4n) is 2.61. The van der Waals surface area contributed by atoms with Crippen molar-refractivity contribution < 1.29 is 18.3 Å². The van der Waals surface area contributed by atoms with Gasteiger partial charge in [0, 0.05) is 37.0 Å². The molecule has 0 aliphatic carbocycles. The molecule has 1 aromatic carbocycles. The second kappa shape index (κ2) is 13.2. The van der Waals surface area contributed by atoms with Gasteiger partial charge in [0.05, 0.1) is 6.61 Å². The van der Waals surface area contributed by atoms with Crippen LogP contribution >= 0.6 is 35.7 Å². The maximum atomic E-state index is 12.7. The van der Waals surface area contributed by atoms with E-state index in [1.54, 1.807) is 19.2 Å². The molecule has 0 aromatic heterocycles. The third-order valence-corrected chi connectivity index (χ3v) is 5.32. The van der Waals surface area contributed by atoms with Crippen LogP contribution in [0.1, 0.15) is 31.7 Å². The van der Waals surface area contributed by atoms with Gasteiger partial charge in [-0.2, -0.15) is 20.5 Å². The molecule has 5 nitrogen and oxygen atoms in total. The Kier molecular flexibility index (Phi) is 11.8. The summed E-state index contributed by atoms with van der Waals surface area (Å²) in [7, 11) is 1.69. The number of alkyl halides is 2. The number of hydrogen-bond acceptors (Lipinski definition) is 4.